The van der Waals surface area contributed by atoms with Gasteiger partial charge in [-0.1, -0.05) is 11.6 Å². The number of ether oxygens (including phenoxy) is 2. The second kappa shape index (κ2) is 4.20. The molecule has 1 aliphatic rings. The van der Waals surface area contributed by atoms with Gasteiger partial charge in [-0.2, -0.15) is 4.37 Å². The highest BCUT2D eigenvalue weighted by atomic mass is 35.5. The Kier molecular flexibility index (Phi) is 2.95. The van der Waals surface area contributed by atoms with E-state index in [2.05, 4.69) is 8.75 Å². The largest absolute Gasteiger partial charge is 0.468 e. The molecular weight excluding hydrogens is 228 g/mol. The number of aromatic nitrogens is 2. The predicted molar refractivity (Wildman–Crippen MR) is 51.0 cm³/mol. The molecule has 0 bridgehead atoms. The molecule has 1 atom stereocenters. The van der Waals surface area contributed by atoms with Crippen LogP contribution in [0.2, 0.25) is 5.15 Å². The number of hydrogen-bond acceptors (Lipinski definition) is 6. The topological polar surface area (TPSA) is 61.3 Å². The van der Waals surface area contributed by atoms with Crippen LogP contribution < -0.4 is 10.2 Å². The van der Waals surface area contributed by atoms with Crippen molar-refractivity contribution in [2.24, 2.45) is 0 Å². The molecular formula is C7H7ClN2O3S. The Bertz CT molecular complexity index is 377. The number of halogens is 1. The van der Waals surface area contributed by atoms with E-state index in [1.807, 2.05) is 0 Å². The minimum atomic E-state index is -0.461. The van der Waals surface area contributed by atoms with Crippen molar-refractivity contribution in [3.8, 4) is 5.88 Å². The number of nitrogens with zero attached hydrogens (tertiary/aromatic N) is 2. The summed E-state index contributed by atoms with van der Waals surface area (Å²) < 4.78 is 17.8. The Balaban J connectivity index is 2.16. The van der Waals surface area contributed by atoms with Crippen molar-refractivity contribution < 1.29 is 9.47 Å². The summed E-state index contributed by atoms with van der Waals surface area (Å²) in [5, 5.41) is -0.0982. The third-order valence-corrected chi connectivity index (χ3v) is 2.66. The van der Waals surface area contributed by atoms with E-state index in [1.54, 1.807) is 0 Å². The maximum absolute atomic E-state index is 11.3. The molecule has 1 unspecified atom stereocenters. The molecule has 0 radical (unpaired) electrons. The first-order valence-corrected chi connectivity index (χ1v) is 5.15. The van der Waals surface area contributed by atoms with Gasteiger partial charge in [-0.15, -0.1) is 4.37 Å². The molecule has 2 rings (SSSR count). The minimum absolute atomic E-state index is 0.0190. The predicted octanol–water partition coefficient (Wildman–Crippen LogP) is 0.719. The zero-order chi connectivity index (χ0) is 9.97. The second-order valence-electron chi connectivity index (χ2n) is 2.79. The summed E-state index contributed by atoms with van der Waals surface area (Å²) in [5.41, 5.74) is -0.461. The maximum atomic E-state index is 11.3. The Morgan fingerprint density at radius 2 is 2.43 bits per heavy atom. The summed E-state index contributed by atoms with van der Waals surface area (Å²) >= 11 is 6.39. The molecule has 1 saturated heterocycles. The molecule has 0 spiro atoms. The fourth-order valence-corrected chi connectivity index (χ4v) is 1.67. The lowest BCUT2D eigenvalue weighted by molar-refractivity contribution is 0.138. The number of rotatable bonds is 2. The fraction of sp³-hybridized carbons (Fsp3) is 0.571. The van der Waals surface area contributed by atoms with Gasteiger partial charge in [-0.3, -0.25) is 4.79 Å². The van der Waals surface area contributed by atoms with Gasteiger partial charge in [0.15, 0.2) is 5.15 Å². The van der Waals surface area contributed by atoms with E-state index in [4.69, 9.17) is 21.1 Å². The minimum Gasteiger partial charge on any atom is -0.468 e. The zero-order valence-corrected chi connectivity index (χ0v) is 8.68. The highest BCUT2D eigenvalue weighted by molar-refractivity contribution is 6.99. The van der Waals surface area contributed by atoms with Gasteiger partial charge in [0.05, 0.1) is 24.9 Å². The van der Waals surface area contributed by atoms with Crippen molar-refractivity contribution >= 4 is 23.3 Å². The van der Waals surface area contributed by atoms with Crippen LogP contribution in [-0.2, 0) is 4.74 Å². The Hall–Kier alpha value is -0.720. The summed E-state index contributed by atoms with van der Waals surface area (Å²) in [5.74, 6) is 0.0190. The SMILES string of the molecule is O=c1c(Cl)nsnc1OC1CCOC1. The third-order valence-electron chi connectivity index (χ3n) is 1.79. The van der Waals surface area contributed by atoms with E-state index in [-0.39, 0.29) is 17.1 Å². The van der Waals surface area contributed by atoms with Crippen LogP contribution in [0.3, 0.4) is 0 Å². The molecule has 0 aromatic carbocycles. The summed E-state index contributed by atoms with van der Waals surface area (Å²) in [6.07, 6.45) is 0.673. The van der Waals surface area contributed by atoms with Crippen LogP contribution in [0.25, 0.3) is 0 Å². The van der Waals surface area contributed by atoms with Gasteiger partial charge in [0, 0.05) is 6.42 Å². The molecule has 0 aliphatic carbocycles. The Labute approximate surface area is 88.9 Å². The van der Waals surface area contributed by atoms with Gasteiger partial charge >= 0.3 is 0 Å². The van der Waals surface area contributed by atoms with Gasteiger partial charge in [-0.05, 0) is 0 Å². The maximum Gasteiger partial charge on any atom is 0.279 e. The van der Waals surface area contributed by atoms with Crippen LogP contribution in [0.1, 0.15) is 6.42 Å². The highest BCUT2D eigenvalue weighted by Gasteiger charge is 2.20. The van der Waals surface area contributed by atoms with Crippen LogP contribution >= 0.6 is 23.3 Å². The van der Waals surface area contributed by atoms with E-state index in [0.29, 0.717) is 13.2 Å². The molecule has 76 valence electrons. The quantitative estimate of drug-likeness (QED) is 0.755. The van der Waals surface area contributed by atoms with Crippen LogP contribution in [-0.4, -0.2) is 28.1 Å². The van der Waals surface area contributed by atoms with Crippen molar-refractivity contribution in [3.05, 3.63) is 15.4 Å². The fourth-order valence-electron chi connectivity index (χ4n) is 1.10. The highest BCUT2D eigenvalue weighted by Crippen LogP contribution is 2.12. The molecule has 1 aliphatic heterocycles. The lowest BCUT2D eigenvalue weighted by Crippen LogP contribution is -2.21. The monoisotopic (exact) mass is 234 g/mol. The first kappa shape index (κ1) is 9.82. The smallest absolute Gasteiger partial charge is 0.279 e. The van der Waals surface area contributed by atoms with Crippen molar-refractivity contribution in [3.63, 3.8) is 0 Å². The molecule has 7 heteroatoms. The van der Waals surface area contributed by atoms with E-state index in [1.165, 1.54) is 0 Å². The zero-order valence-electron chi connectivity index (χ0n) is 7.10. The van der Waals surface area contributed by atoms with Gasteiger partial charge in [-0.25, -0.2) is 0 Å². The average molecular weight is 235 g/mol. The lowest BCUT2D eigenvalue weighted by Gasteiger charge is -2.08. The standard InChI is InChI=1S/C7H7ClN2O3S/c8-6-5(11)7(10-14-9-6)13-4-1-2-12-3-4/h4H,1-3H2. The third kappa shape index (κ3) is 2.02. The molecule has 2 heterocycles. The molecule has 14 heavy (non-hydrogen) atoms. The molecule has 1 aromatic rings. The Morgan fingerprint density at radius 1 is 1.57 bits per heavy atom. The lowest BCUT2D eigenvalue weighted by atomic mass is 10.3. The van der Waals surface area contributed by atoms with Gasteiger partial charge in [0.2, 0.25) is 0 Å². The summed E-state index contributed by atoms with van der Waals surface area (Å²) in [6.45, 7) is 1.15. The summed E-state index contributed by atoms with van der Waals surface area (Å²) in [4.78, 5) is 11.3. The Morgan fingerprint density at radius 3 is 3.14 bits per heavy atom. The van der Waals surface area contributed by atoms with Gasteiger partial charge < -0.3 is 9.47 Å². The van der Waals surface area contributed by atoms with E-state index in [9.17, 15) is 4.79 Å². The first-order valence-electron chi connectivity index (χ1n) is 4.04. The molecule has 1 fully saturated rings. The van der Waals surface area contributed by atoms with E-state index >= 15 is 0 Å². The average Bonchev–Trinajstić information content (AvgIpc) is 2.66. The molecule has 0 N–H and O–H groups in total. The normalized spacial score (nSPS) is 21.1. The molecule has 0 amide bonds. The van der Waals surface area contributed by atoms with Gasteiger partial charge in [0.1, 0.15) is 6.10 Å². The van der Waals surface area contributed by atoms with Gasteiger partial charge in [0.25, 0.3) is 11.3 Å². The van der Waals surface area contributed by atoms with Crippen molar-refractivity contribution in [1.82, 2.24) is 8.75 Å². The molecule has 5 nitrogen and oxygen atoms in total. The van der Waals surface area contributed by atoms with Crippen molar-refractivity contribution in [2.75, 3.05) is 13.2 Å². The van der Waals surface area contributed by atoms with Crippen LogP contribution in [0.4, 0.5) is 0 Å². The molecule has 0 saturated carbocycles. The van der Waals surface area contributed by atoms with Crippen molar-refractivity contribution in [1.29, 1.82) is 0 Å². The summed E-state index contributed by atoms with van der Waals surface area (Å²) in [7, 11) is 0. The summed E-state index contributed by atoms with van der Waals surface area (Å²) in [6, 6.07) is 0. The van der Waals surface area contributed by atoms with Crippen LogP contribution in [0.15, 0.2) is 4.79 Å². The second-order valence-corrected chi connectivity index (χ2v) is 3.68. The van der Waals surface area contributed by atoms with Crippen LogP contribution in [0, 0.1) is 0 Å². The molecule has 1 aromatic heterocycles. The number of hydrogen-bond donors (Lipinski definition) is 0. The van der Waals surface area contributed by atoms with Crippen LogP contribution in [0.5, 0.6) is 5.88 Å². The van der Waals surface area contributed by atoms with E-state index < -0.39 is 5.43 Å². The first-order chi connectivity index (χ1) is 6.77. The van der Waals surface area contributed by atoms with E-state index in [0.717, 1.165) is 18.1 Å². The van der Waals surface area contributed by atoms with Crippen molar-refractivity contribution in [2.45, 2.75) is 12.5 Å².